The Morgan fingerprint density at radius 3 is 2.70 bits per heavy atom. The van der Waals surface area contributed by atoms with Crippen LogP contribution in [0.2, 0.25) is 0 Å². The molecule has 1 aliphatic heterocycles. The average Bonchev–Trinajstić information content (AvgIpc) is 2.89. The molecule has 1 aromatic carbocycles. The fourth-order valence-electron chi connectivity index (χ4n) is 3.25. The molecule has 1 unspecified atom stereocenters. The lowest BCUT2D eigenvalue weighted by atomic mass is 10.1. The fourth-order valence-corrected chi connectivity index (χ4v) is 3.25. The van der Waals surface area contributed by atoms with Crippen LogP contribution in [0.15, 0.2) is 18.2 Å². The van der Waals surface area contributed by atoms with E-state index in [0.717, 1.165) is 38.3 Å². The number of anilines is 1. The minimum absolute atomic E-state index is 0.191. The van der Waals surface area contributed by atoms with E-state index in [-0.39, 0.29) is 11.9 Å². The number of hydrogen-bond donors (Lipinski definition) is 1. The van der Waals surface area contributed by atoms with Crippen molar-refractivity contribution < 1.29 is 4.39 Å². The molecule has 0 amide bonds. The summed E-state index contributed by atoms with van der Waals surface area (Å²) in [6.07, 6.45) is 1.14. The maximum absolute atomic E-state index is 14.0. The number of halogens is 1. The largest absolute Gasteiger partial charge is 0.370 e. The van der Waals surface area contributed by atoms with Crippen LogP contribution in [-0.2, 0) is 0 Å². The number of nitrogens with two attached hydrogens (primary N) is 1. The molecule has 0 saturated carbocycles. The highest BCUT2D eigenvalue weighted by Gasteiger charge is 2.28. The summed E-state index contributed by atoms with van der Waals surface area (Å²) >= 11 is 0. The van der Waals surface area contributed by atoms with Gasteiger partial charge in [0.2, 0.25) is 0 Å². The van der Waals surface area contributed by atoms with Crippen LogP contribution in [0.5, 0.6) is 0 Å². The summed E-state index contributed by atoms with van der Waals surface area (Å²) in [5, 5.41) is 0. The summed E-state index contributed by atoms with van der Waals surface area (Å²) in [5.41, 5.74) is 7.57. The molecule has 1 heterocycles. The lowest BCUT2D eigenvalue weighted by Crippen LogP contribution is -2.37. The van der Waals surface area contributed by atoms with E-state index in [2.05, 4.69) is 23.6 Å². The summed E-state index contributed by atoms with van der Waals surface area (Å²) < 4.78 is 14.0. The first-order valence-electron chi connectivity index (χ1n) is 7.61. The highest BCUT2D eigenvalue weighted by Crippen LogP contribution is 2.31. The number of hydrogen-bond acceptors (Lipinski definition) is 3. The van der Waals surface area contributed by atoms with Crippen LogP contribution in [-0.4, -0.2) is 37.1 Å². The van der Waals surface area contributed by atoms with Crippen LogP contribution in [0, 0.1) is 5.82 Å². The van der Waals surface area contributed by atoms with E-state index in [9.17, 15) is 4.39 Å². The first-order valence-corrected chi connectivity index (χ1v) is 7.61. The van der Waals surface area contributed by atoms with Gasteiger partial charge in [-0.1, -0.05) is 19.9 Å². The van der Waals surface area contributed by atoms with Crippen LogP contribution in [0.4, 0.5) is 10.1 Å². The van der Waals surface area contributed by atoms with Gasteiger partial charge in [-0.25, -0.2) is 4.39 Å². The molecule has 4 heteroatoms. The smallest absolute Gasteiger partial charge is 0.130 e. The zero-order valence-electron chi connectivity index (χ0n) is 12.8. The molecule has 0 aromatic heterocycles. The topological polar surface area (TPSA) is 32.5 Å². The van der Waals surface area contributed by atoms with Gasteiger partial charge in [-0.3, -0.25) is 4.90 Å². The van der Waals surface area contributed by atoms with E-state index in [4.69, 9.17) is 5.73 Å². The van der Waals surface area contributed by atoms with Gasteiger partial charge < -0.3 is 10.6 Å². The zero-order chi connectivity index (χ0) is 14.7. The van der Waals surface area contributed by atoms with Gasteiger partial charge >= 0.3 is 0 Å². The number of likely N-dealkylation sites (N-methyl/N-ethyl adjacent to an activating group) is 1. The first-order chi connectivity index (χ1) is 9.58. The van der Waals surface area contributed by atoms with Crippen molar-refractivity contribution in [2.75, 3.05) is 31.1 Å². The third-order valence-electron chi connectivity index (χ3n) is 4.32. The Balaban J connectivity index is 2.20. The van der Waals surface area contributed by atoms with Crippen molar-refractivity contribution in [1.82, 2.24) is 4.90 Å². The minimum atomic E-state index is -0.279. The number of benzene rings is 1. The molecule has 1 aliphatic rings. The van der Waals surface area contributed by atoms with Gasteiger partial charge in [0, 0.05) is 36.4 Å². The van der Waals surface area contributed by atoms with Crippen molar-refractivity contribution in [3.05, 3.63) is 29.6 Å². The average molecular weight is 279 g/mol. The standard InChI is InChI=1S/C16H26FN3/c1-4-19(5-2)13-9-10-20(11-13)15-8-6-7-14(17)16(15)12(3)18/h6-8,12-13H,4-5,9-11,18H2,1-3H3/t12-,13?/m1/s1. The Bertz CT molecular complexity index is 443. The molecule has 1 aromatic rings. The Morgan fingerprint density at radius 1 is 1.40 bits per heavy atom. The van der Waals surface area contributed by atoms with Crippen molar-refractivity contribution in [2.24, 2.45) is 5.73 Å². The molecule has 0 radical (unpaired) electrons. The Labute approximate surface area is 121 Å². The van der Waals surface area contributed by atoms with E-state index < -0.39 is 0 Å². The lowest BCUT2D eigenvalue weighted by molar-refractivity contribution is 0.232. The van der Waals surface area contributed by atoms with Gasteiger partial charge in [0.15, 0.2) is 0 Å². The van der Waals surface area contributed by atoms with Gasteiger partial charge in [0.05, 0.1) is 0 Å². The molecule has 1 saturated heterocycles. The third kappa shape index (κ3) is 2.96. The highest BCUT2D eigenvalue weighted by atomic mass is 19.1. The second-order valence-corrected chi connectivity index (χ2v) is 5.57. The van der Waals surface area contributed by atoms with Crippen LogP contribution in [0.3, 0.4) is 0 Å². The van der Waals surface area contributed by atoms with E-state index in [1.807, 2.05) is 13.0 Å². The molecule has 3 nitrogen and oxygen atoms in total. The number of rotatable bonds is 5. The molecular formula is C16H26FN3. The Kier molecular flexibility index (Phi) is 5.00. The normalized spacial score (nSPS) is 20.7. The second kappa shape index (κ2) is 6.55. The molecule has 0 bridgehead atoms. The van der Waals surface area contributed by atoms with E-state index in [0.29, 0.717) is 11.6 Å². The fraction of sp³-hybridized carbons (Fsp3) is 0.625. The van der Waals surface area contributed by atoms with E-state index in [1.165, 1.54) is 6.07 Å². The van der Waals surface area contributed by atoms with Crippen molar-refractivity contribution in [2.45, 2.75) is 39.3 Å². The van der Waals surface area contributed by atoms with Crippen LogP contribution in [0.25, 0.3) is 0 Å². The summed E-state index contributed by atoms with van der Waals surface area (Å²) in [6, 6.07) is 5.56. The van der Waals surface area contributed by atoms with Crippen molar-refractivity contribution in [3.63, 3.8) is 0 Å². The van der Waals surface area contributed by atoms with Crippen LogP contribution < -0.4 is 10.6 Å². The molecular weight excluding hydrogens is 253 g/mol. The molecule has 0 spiro atoms. The van der Waals surface area contributed by atoms with Crippen molar-refractivity contribution in [3.8, 4) is 0 Å². The molecule has 112 valence electrons. The second-order valence-electron chi connectivity index (χ2n) is 5.57. The first kappa shape index (κ1) is 15.3. The minimum Gasteiger partial charge on any atom is -0.370 e. The molecule has 20 heavy (non-hydrogen) atoms. The van der Waals surface area contributed by atoms with E-state index >= 15 is 0 Å². The predicted molar refractivity (Wildman–Crippen MR) is 82.5 cm³/mol. The predicted octanol–water partition coefficient (Wildman–Crippen LogP) is 2.77. The zero-order valence-corrected chi connectivity index (χ0v) is 12.8. The summed E-state index contributed by atoms with van der Waals surface area (Å²) in [5.74, 6) is -0.191. The Hall–Kier alpha value is -1.13. The van der Waals surface area contributed by atoms with Gasteiger partial charge in [0.1, 0.15) is 5.82 Å². The van der Waals surface area contributed by atoms with Gasteiger partial charge in [-0.15, -0.1) is 0 Å². The summed E-state index contributed by atoms with van der Waals surface area (Å²) in [6.45, 7) is 10.3. The maximum atomic E-state index is 14.0. The molecule has 2 rings (SSSR count). The maximum Gasteiger partial charge on any atom is 0.130 e. The van der Waals surface area contributed by atoms with Gasteiger partial charge in [-0.2, -0.15) is 0 Å². The highest BCUT2D eigenvalue weighted by molar-refractivity contribution is 5.56. The van der Waals surface area contributed by atoms with Crippen molar-refractivity contribution >= 4 is 5.69 Å². The van der Waals surface area contributed by atoms with Crippen molar-refractivity contribution in [1.29, 1.82) is 0 Å². The summed E-state index contributed by atoms with van der Waals surface area (Å²) in [7, 11) is 0. The van der Waals surface area contributed by atoms with E-state index in [1.54, 1.807) is 6.07 Å². The molecule has 0 aliphatic carbocycles. The molecule has 2 atom stereocenters. The van der Waals surface area contributed by atoms with Crippen LogP contribution in [0.1, 0.15) is 38.8 Å². The summed E-state index contributed by atoms with van der Waals surface area (Å²) in [4.78, 5) is 4.76. The molecule has 2 N–H and O–H groups in total. The van der Waals surface area contributed by atoms with Crippen LogP contribution >= 0.6 is 0 Å². The monoisotopic (exact) mass is 279 g/mol. The Morgan fingerprint density at radius 2 is 2.10 bits per heavy atom. The van der Waals surface area contributed by atoms with Gasteiger partial charge in [0.25, 0.3) is 0 Å². The third-order valence-corrected chi connectivity index (χ3v) is 4.32. The molecule has 1 fully saturated rings. The quantitative estimate of drug-likeness (QED) is 0.899. The SMILES string of the molecule is CCN(CC)C1CCN(c2cccc(F)c2[C@@H](C)N)C1. The number of nitrogens with zero attached hydrogens (tertiary/aromatic N) is 2. The lowest BCUT2D eigenvalue weighted by Gasteiger charge is -2.28. The van der Waals surface area contributed by atoms with Gasteiger partial charge in [-0.05, 0) is 38.6 Å².